The van der Waals surface area contributed by atoms with Crippen molar-refractivity contribution in [2.45, 2.75) is 32.4 Å². The van der Waals surface area contributed by atoms with E-state index in [9.17, 15) is 14.7 Å². The zero-order valence-corrected chi connectivity index (χ0v) is 10.1. The van der Waals surface area contributed by atoms with Gasteiger partial charge in [0.25, 0.3) is 0 Å². The summed E-state index contributed by atoms with van der Waals surface area (Å²) in [4.78, 5) is 23.9. The fourth-order valence-corrected chi connectivity index (χ4v) is 1.43. The number of rotatable bonds is 10. The van der Waals surface area contributed by atoms with Crippen LogP contribution in [0.4, 0.5) is 0 Å². The topological polar surface area (TPSA) is 60.9 Å². The smallest absolute Gasteiger partial charge is 0.212 e. The summed E-state index contributed by atoms with van der Waals surface area (Å²) in [5.41, 5.74) is 0. The molecule has 5 heteroatoms. The minimum atomic E-state index is -0.908. The van der Waals surface area contributed by atoms with Crippen molar-refractivity contribution in [3.05, 3.63) is 0 Å². The van der Waals surface area contributed by atoms with Crippen LogP contribution >= 0.6 is 0 Å². The predicted octanol–water partition coefficient (Wildman–Crippen LogP) is 0.0841. The van der Waals surface area contributed by atoms with Crippen LogP contribution in [0.3, 0.4) is 0 Å². The molecule has 0 spiro atoms. The number of amides is 1. The van der Waals surface area contributed by atoms with E-state index < -0.39 is 6.23 Å². The Hall–Kier alpha value is -0.940. The van der Waals surface area contributed by atoms with Crippen LogP contribution in [0, 0.1) is 0 Å². The molecule has 0 fully saturated rings. The molecule has 1 N–H and O–H groups in total. The van der Waals surface area contributed by atoms with E-state index in [2.05, 4.69) is 6.92 Å². The van der Waals surface area contributed by atoms with Crippen LogP contribution in [-0.4, -0.2) is 60.5 Å². The number of hydrogen-bond donors (Lipinski definition) is 1. The number of carbonyl (C=O) groups is 2. The number of carbonyl (C=O) groups excluding carboxylic acids is 2. The second-order valence-corrected chi connectivity index (χ2v) is 3.92. The molecule has 0 heterocycles. The van der Waals surface area contributed by atoms with Crippen molar-refractivity contribution in [2.24, 2.45) is 0 Å². The molecular formula is C11H22N2O3. The quantitative estimate of drug-likeness (QED) is 0.328. The minimum absolute atomic E-state index is 0.0620. The number of unbranched alkanes of at least 4 members (excludes halogenated alkanes) is 2. The van der Waals surface area contributed by atoms with Gasteiger partial charge < -0.3 is 19.7 Å². The summed E-state index contributed by atoms with van der Waals surface area (Å²) in [5, 5.41) is 9.66. The normalized spacial score (nSPS) is 12.5. The Kier molecular flexibility index (Phi) is 8.75. The van der Waals surface area contributed by atoms with E-state index in [4.69, 9.17) is 0 Å². The van der Waals surface area contributed by atoms with Crippen molar-refractivity contribution in [1.82, 2.24) is 9.80 Å². The van der Waals surface area contributed by atoms with Crippen LogP contribution in [0.25, 0.3) is 0 Å². The molecule has 0 aliphatic heterocycles. The van der Waals surface area contributed by atoms with Crippen LogP contribution in [0.2, 0.25) is 0 Å². The first-order valence-electron chi connectivity index (χ1n) is 5.67. The molecule has 0 aliphatic rings. The molecule has 0 rings (SSSR count). The molecule has 0 aromatic rings. The first-order valence-corrected chi connectivity index (χ1v) is 5.67. The molecule has 1 atom stereocenters. The van der Waals surface area contributed by atoms with E-state index in [-0.39, 0.29) is 6.54 Å². The molecule has 5 nitrogen and oxygen atoms in total. The van der Waals surface area contributed by atoms with Gasteiger partial charge in [-0.15, -0.1) is 0 Å². The molecule has 0 bridgehead atoms. The minimum Gasteiger partial charge on any atom is -0.372 e. The number of aliphatic hydroxyl groups is 1. The molecule has 0 radical (unpaired) electrons. The molecular weight excluding hydrogens is 208 g/mol. The molecule has 0 aromatic heterocycles. The van der Waals surface area contributed by atoms with Crippen LogP contribution in [0.5, 0.6) is 0 Å². The molecule has 0 saturated heterocycles. The van der Waals surface area contributed by atoms with Gasteiger partial charge in [0.05, 0.1) is 6.54 Å². The summed E-state index contributed by atoms with van der Waals surface area (Å²) in [5.74, 6) is 0. The lowest BCUT2D eigenvalue weighted by Crippen LogP contribution is -2.43. The molecule has 0 aliphatic carbocycles. The fourth-order valence-electron chi connectivity index (χ4n) is 1.43. The predicted molar refractivity (Wildman–Crippen MR) is 61.9 cm³/mol. The number of aliphatic hydroxyl groups excluding tert-OH is 1. The lowest BCUT2D eigenvalue weighted by atomic mass is 10.2. The van der Waals surface area contributed by atoms with Crippen molar-refractivity contribution < 1.29 is 14.7 Å². The molecule has 0 saturated carbocycles. The third-order valence-corrected chi connectivity index (χ3v) is 2.42. The van der Waals surface area contributed by atoms with E-state index in [1.54, 1.807) is 0 Å². The Balaban J connectivity index is 3.85. The Bertz CT molecular complexity index is 200. The Morgan fingerprint density at radius 3 is 2.50 bits per heavy atom. The monoisotopic (exact) mass is 230 g/mol. The fraction of sp³-hybridized carbons (Fsp3) is 0.818. The van der Waals surface area contributed by atoms with Gasteiger partial charge in [-0.1, -0.05) is 19.8 Å². The molecule has 94 valence electrons. The lowest BCUT2D eigenvalue weighted by Gasteiger charge is -2.26. The van der Waals surface area contributed by atoms with Crippen LogP contribution in [0.1, 0.15) is 26.2 Å². The van der Waals surface area contributed by atoms with Crippen molar-refractivity contribution in [1.29, 1.82) is 0 Å². The van der Waals surface area contributed by atoms with Crippen molar-refractivity contribution >= 4 is 12.7 Å². The van der Waals surface area contributed by atoms with Crippen molar-refractivity contribution in [3.63, 3.8) is 0 Å². The zero-order valence-electron chi connectivity index (χ0n) is 10.1. The van der Waals surface area contributed by atoms with Gasteiger partial charge in [0.15, 0.2) is 0 Å². The third kappa shape index (κ3) is 6.53. The van der Waals surface area contributed by atoms with E-state index in [1.807, 2.05) is 11.9 Å². The number of likely N-dealkylation sites (N-methyl/N-ethyl adjacent to an activating group) is 1. The number of hydrogen-bond acceptors (Lipinski definition) is 4. The highest BCUT2D eigenvalue weighted by molar-refractivity contribution is 5.59. The van der Waals surface area contributed by atoms with Gasteiger partial charge in [-0.2, -0.15) is 0 Å². The Morgan fingerprint density at radius 1 is 1.31 bits per heavy atom. The van der Waals surface area contributed by atoms with Crippen LogP contribution in [-0.2, 0) is 9.59 Å². The summed E-state index contributed by atoms with van der Waals surface area (Å²) >= 11 is 0. The highest BCUT2D eigenvalue weighted by Crippen LogP contribution is 1.99. The average molecular weight is 230 g/mol. The Morgan fingerprint density at radius 2 is 2.00 bits per heavy atom. The van der Waals surface area contributed by atoms with Crippen LogP contribution in [0.15, 0.2) is 0 Å². The number of nitrogens with zero attached hydrogens (tertiary/aromatic N) is 2. The second-order valence-electron chi connectivity index (χ2n) is 3.92. The average Bonchev–Trinajstić information content (AvgIpc) is 2.26. The summed E-state index contributed by atoms with van der Waals surface area (Å²) < 4.78 is 0. The maximum Gasteiger partial charge on any atom is 0.212 e. The molecule has 1 amide bonds. The van der Waals surface area contributed by atoms with Crippen molar-refractivity contribution in [3.8, 4) is 0 Å². The summed E-state index contributed by atoms with van der Waals surface area (Å²) in [7, 11) is 1.89. The first-order chi connectivity index (χ1) is 7.65. The molecule has 16 heavy (non-hydrogen) atoms. The third-order valence-electron chi connectivity index (χ3n) is 2.42. The van der Waals surface area contributed by atoms with Gasteiger partial charge in [-0.25, -0.2) is 0 Å². The van der Waals surface area contributed by atoms with Crippen LogP contribution < -0.4 is 0 Å². The summed E-state index contributed by atoms with van der Waals surface area (Å²) in [6, 6.07) is 0. The second kappa shape index (κ2) is 9.30. The first kappa shape index (κ1) is 15.1. The van der Waals surface area contributed by atoms with E-state index >= 15 is 0 Å². The highest BCUT2D eigenvalue weighted by atomic mass is 16.3. The zero-order chi connectivity index (χ0) is 12.4. The van der Waals surface area contributed by atoms with Gasteiger partial charge >= 0.3 is 0 Å². The van der Waals surface area contributed by atoms with Gasteiger partial charge in [0.1, 0.15) is 12.5 Å². The van der Waals surface area contributed by atoms with Gasteiger partial charge in [-0.05, 0) is 20.0 Å². The maximum absolute atomic E-state index is 10.6. The van der Waals surface area contributed by atoms with Gasteiger partial charge in [0.2, 0.25) is 6.41 Å². The SMILES string of the molecule is CCCCCN(C)CC(O)N(C=O)CC=O. The Labute approximate surface area is 97.0 Å². The van der Waals surface area contributed by atoms with Gasteiger partial charge in [0, 0.05) is 6.54 Å². The van der Waals surface area contributed by atoms with E-state index in [1.165, 1.54) is 0 Å². The van der Waals surface area contributed by atoms with E-state index in [0.29, 0.717) is 19.2 Å². The molecule has 0 aromatic carbocycles. The maximum atomic E-state index is 10.6. The van der Waals surface area contributed by atoms with E-state index in [0.717, 1.165) is 30.7 Å². The number of aldehydes is 1. The summed E-state index contributed by atoms with van der Waals surface area (Å²) in [6.07, 6.45) is 3.59. The largest absolute Gasteiger partial charge is 0.372 e. The lowest BCUT2D eigenvalue weighted by molar-refractivity contribution is -0.132. The van der Waals surface area contributed by atoms with Crippen molar-refractivity contribution in [2.75, 3.05) is 26.7 Å². The van der Waals surface area contributed by atoms with Gasteiger partial charge in [-0.3, -0.25) is 4.79 Å². The standard InChI is InChI=1S/C11H22N2O3/c1-3-4-5-6-12(2)9-11(16)13(10-15)7-8-14/h8,10-11,16H,3-7,9H2,1-2H3. The summed E-state index contributed by atoms with van der Waals surface area (Å²) in [6.45, 7) is 3.33. The highest BCUT2D eigenvalue weighted by Gasteiger charge is 2.14. The molecule has 1 unspecified atom stereocenters.